The Kier molecular flexibility index (Phi) is 5.50. The van der Waals surface area contributed by atoms with Crippen LogP contribution >= 0.6 is 0 Å². The van der Waals surface area contributed by atoms with Gasteiger partial charge in [-0.15, -0.1) is 0 Å². The predicted molar refractivity (Wildman–Crippen MR) is 66.3 cm³/mol. The first-order valence-electron chi connectivity index (χ1n) is 6.21. The molecule has 0 unspecified atom stereocenters. The van der Waals surface area contributed by atoms with Gasteiger partial charge in [-0.2, -0.15) is 0 Å². The summed E-state index contributed by atoms with van der Waals surface area (Å²) in [7, 11) is 0. The molecule has 0 bridgehead atoms. The molecule has 0 aliphatic carbocycles. The molecule has 90 valence electrons. The van der Waals surface area contributed by atoms with Crippen LogP contribution in [0.2, 0.25) is 0 Å². The van der Waals surface area contributed by atoms with E-state index >= 15 is 0 Å². The summed E-state index contributed by atoms with van der Waals surface area (Å²) in [5.74, 6) is -0.462. The van der Waals surface area contributed by atoms with E-state index in [1.807, 2.05) is 32.0 Å². The van der Waals surface area contributed by atoms with Crippen LogP contribution in [-0.4, -0.2) is 13.2 Å². The van der Waals surface area contributed by atoms with Crippen LogP contribution in [0.3, 0.4) is 0 Å². The maximum atomic E-state index is 5.74. The maximum Gasteiger partial charge on any atom is 0.194 e. The van der Waals surface area contributed by atoms with Gasteiger partial charge in [0.2, 0.25) is 0 Å². The van der Waals surface area contributed by atoms with E-state index in [2.05, 4.69) is 19.1 Å². The molecule has 1 aromatic rings. The highest BCUT2D eigenvalue weighted by Gasteiger charge is 2.37. The first-order valence-corrected chi connectivity index (χ1v) is 6.21. The third kappa shape index (κ3) is 2.83. The van der Waals surface area contributed by atoms with Crippen molar-refractivity contribution in [2.75, 3.05) is 13.2 Å². The molecule has 0 aromatic heterocycles. The van der Waals surface area contributed by atoms with E-state index in [1.54, 1.807) is 0 Å². The number of benzene rings is 1. The fraction of sp³-hybridized carbons (Fsp3) is 0.571. The number of rotatable bonds is 3. The summed E-state index contributed by atoms with van der Waals surface area (Å²) in [4.78, 5) is 0. The zero-order valence-corrected chi connectivity index (χ0v) is 10.5. The predicted octanol–water partition coefficient (Wildman–Crippen LogP) is 3.71. The normalized spacial score (nSPS) is 17.7. The highest BCUT2D eigenvalue weighted by Crippen LogP contribution is 2.35. The Morgan fingerprint density at radius 3 is 2.12 bits per heavy atom. The summed E-state index contributed by atoms with van der Waals surface area (Å²) in [6.07, 6.45) is 1.99. The molecule has 0 amide bonds. The van der Waals surface area contributed by atoms with Gasteiger partial charge in [0.15, 0.2) is 5.79 Å². The number of ether oxygens (including phenoxy) is 2. The van der Waals surface area contributed by atoms with Gasteiger partial charge < -0.3 is 9.47 Å². The van der Waals surface area contributed by atoms with Crippen molar-refractivity contribution < 1.29 is 9.47 Å². The minimum absolute atomic E-state index is 0.462. The Balaban J connectivity index is 0.000000606. The van der Waals surface area contributed by atoms with Crippen LogP contribution in [0, 0.1) is 0 Å². The smallest absolute Gasteiger partial charge is 0.194 e. The molecule has 1 aromatic carbocycles. The van der Waals surface area contributed by atoms with E-state index in [9.17, 15) is 0 Å². The third-order valence-corrected chi connectivity index (χ3v) is 2.55. The van der Waals surface area contributed by atoms with Crippen LogP contribution in [0.15, 0.2) is 30.3 Å². The molecule has 0 atom stereocenters. The van der Waals surface area contributed by atoms with E-state index < -0.39 is 5.79 Å². The van der Waals surface area contributed by atoms with Crippen LogP contribution < -0.4 is 0 Å². The summed E-state index contributed by atoms with van der Waals surface area (Å²) in [6.45, 7) is 7.56. The fourth-order valence-electron chi connectivity index (χ4n) is 1.93. The lowest BCUT2D eigenvalue weighted by Crippen LogP contribution is -2.26. The van der Waals surface area contributed by atoms with Gasteiger partial charge in [0, 0.05) is 12.0 Å². The summed E-state index contributed by atoms with van der Waals surface area (Å²) < 4.78 is 11.5. The van der Waals surface area contributed by atoms with E-state index in [0.29, 0.717) is 13.2 Å². The SMILES string of the molecule is CC.CCCC1(c2ccccc2)OCCO1. The van der Waals surface area contributed by atoms with E-state index in [0.717, 1.165) is 18.4 Å². The molecule has 1 fully saturated rings. The third-order valence-electron chi connectivity index (χ3n) is 2.55. The van der Waals surface area contributed by atoms with E-state index in [1.165, 1.54) is 0 Å². The second-order valence-corrected chi connectivity index (χ2v) is 3.57. The molecule has 2 rings (SSSR count). The molecule has 0 saturated carbocycles. The lowest BCUT2D eigenvalue weighted by Gasteiger charge is -2.27. The second-order valence-electron chi connectivity index (χ2n) is 3.57. The average molecular weight is 222 g/mol. The maximum absolute atomic E-state index is 5.74. The van der Waals surface area contributed by atoms with Crippen molar-refractivity contribution in [2.24, 2.45) is 0 Å². The van der Waals surface area contributed by atoms with Crippen LogP contribution in [0.5, 0.6) is 0 Å². The largest absolute Gasteiger partial charge is 0.343 e. The minimum Gasteiger partial charge on any atom is -0.343 e. The van der Waals surface area contributed by atoms with Crippen LogP contribution in [0.4, 0.5) is 0 Å². The Bertz CT molecular complexity index is 276. The topological polar surface area (TPSA) is 18.5 Å². The second kappa shape index (κ2) is 6.66. The first-order chi connectivity index (χ1) is 7.87. The lowest BCUT2D eigenvalue weighted by atomic mass is 10.0. The van der Waals surface area contributed by atoms with Crippen LogP contribution in [0.1, 0.15) is 39.2 Å². The molecule has 2 heteroatoms. The van der Waals surface area contributed by atoms with Gasteiger partial charge in [0.25, 0.3) is 0 Å². The van der Waals surface area contributed by atoms with E-state index in [4.69, 9.17) is 9.47 Å². The average Bonchev–Trinajstić information content (AvgIpc) is 2.83. The molecule has 16 heavy (non-hydrogen) atoms. The molecule has 0 N–H and O–H groups in total. The minimum atomic E-state index is -0.462. The highest BCUT2D eigenvalue weighted by molar-refractivity contribution is 5.20. The highest BCUT2D eigenvalue weighted by atomic mass is 16.7. The summed E-state index contributed by atoms with van der Waals surface area (Å²) in [6, 6.07) is 10.2. The molecule has 0 spiro atoms. The molecular weight excluding hydrogens is 200 g/mol. The van der Waals surface area contributed by atoms with Gasteiger partial charge in [0.1, 0.15) is 0 Å². The van der Waals surface area contributed by atoms with Crippen molar-refractivity contribution in [3.8, 4) is 0 Å². The summed E-state index contributed by atoms with van der Waals surface area (Å²) in [5.41, 5.74) is 1.14. The summed E-state index contributed by atoms with van der Waals surface area (Å²) in [5, 5.41) is 0. The van der Waals surface area contributed by atoms with Crippen molar-refractivity contribution >= 4 is 0 Å². The quantitative estimate of drug-likeness (QED) is 0.776. The Hall–Kier alpha value is -0.860. The Morgan fingerprint density at radius 1 is 1.06 bits per heavy atom. The van der Waals surface area contributed by atoms with E-state index in [-0.39, 0.29) is 0 Å². The molecule has 2 nitrogen and oxygen atoms in total. The van der Waals surface area contributed by atoms with Crippen molar-refractivity contribution in [1.29, 1.82) is 0 Å². The fourth-order valence-corrected chi connectivity index (χ4v) is 1.93. The number of hydrogen-bond donors (Lipinski definition) is 0. The van der Waals surface area contributed by atoms with Crippen LogP contribution in [0.25, 0.3) is 0 Å². The van der Waals surface area contributed by atoms with Gasteiger partial charge in [-0.1, -0.05) is 57.5 Å². The van der Waals surface area contributed by atoms with Gasteiger partial charge in [0.05, 0.1) is 13.2 Å². The standard InChI is InChI=1S/C12H16O2.C2H6/c1-2-8-12(13-9-10-14-12)11-6-4-3-5-7-11;1-2/h3-7H,2,8-10H2,1H3;1-2H3. The van der Waals surface area contributed by atoms with Gasteiger partial charge in [-0.05, 0) is 0 Å². The number of hydrogen-bond acceptors (Lipinski definition) is 2. The van der Waals surface area contributed by atoms with Crippen molar-refractivity contribution in [3.05, 3.63) is 35.9 Å². The zero-order chi connectivity index (χ0) is 11.9. The first kappa shape index (κ1) is 13.2. The molecule has 1 aliphatic heterocycles. The molecule has 1 heterocycles. The van der Waals surface area contributed by atoms with Crippen LogP contribution in [-0.2, 0) is 15.3 Å². The Morgan fingerprint density at radius 2 is 1.62 bits per heavy atom. The summed E-state index contributed by atoms with van der Waals surface area (Å²) >= 11 is 0. The lowest BCUT2D eigenvalue weighted by molar-refractivity contribution is -0.170. The van der Waals surface area contributed by atoms with Gasteiger partial charge >= 0.3 is 0 Å². The molecule has 1 saturated heterocycles. The van der Waals surface area contributed by atoms with Crippen molar-refractivity contribution in [2.45, 2.75) is 39.4 Å². The van der Waals surface area contributed by atoms with Crippen molar-refractivity contribution in [3.63, 3.8) is 0 Å². The molecule has 1 aliphatic rings. The van der Waals surface area contributed by atoms with Gasteiger partial charge in [-0.25, -0.2) is 0 Å². The van der Waals surface area contributed by atoms with Gasteiger partial charge in [-0.3, -0.25) is 0 Å². The molecule has 0 radical (unpaired) electrons. The van der Waals surface area contributed by atoms with Crippen molar-refractivity contribution in [1.82, 2.24) is 0 Å². The Labute approximate surface area is 98.6 Å². The zero-order valence-electron chi connectivity index (χ0n) is 10.5. The monoisotopic (exact) mass is 222 g/mol. The molecular formula is C14H22O2.